The van der Waals surface area contributed by atoms with Crippen LogP contribution in [0.3, 0.4) is 0 Å². The third kappa shape index (κ3) is 5.15. The number of thiophene rings is 1. The van der Waals surface area contributed by atoms with E-state index in [1.807, 2.05) is 12.1 Å². The maximum atomic E-state index is 13.0. The lowest BCUT2D eigenvalue weighted by Crippen LogP contribution is -2.24. The normalized spacial score (nSPS) is 12.6. The lowest BCUT2D eigenvalue weighted by molar-refractivity contribution is -0.118. The molecule has 2 heterocycles. The first kappa shape index (κ1) is 22.6. The van der Waals surface area contributed by atoms with Crippen LogP contribution in [0, 0.1) is 5.82 Å². The number of H-pyrrole nitrogens is 1. The molecule has 0 spiro atoms. The van der Waals surface area contributed by atoms with Crippen molar-refractivity contribution < 1.29 is 13.9 Å². The van der Waals surface area contributed by atoms with Gasteiger partial charge in [0.15, 0.2) is 0 Å². The highest BCUT2D eigenvalue weighted by atomic mass is 32.2. The number of nitrogens with one attached hydrogen (secondary N) is 2. The number of thioether (sulfide) groups is 1. The number of hydrogen-bond donors (Lipinski definition) is 2. The van der Waals surface area contributed by atoms with Gasteiger partial charge in [-0.05, 0) is 66.8 Å². The van der Waals surface area contributed by atoms with Crippen molar-refractivity contribution in [2.75, 3.05) is 5.75 Å². The monoisotopic (exact) mass is 495 g/mol. The average Bonchev–Trinajstić information content (AvgIpc) is 3.41. The lowest BCUT2D eigenvalue weighted by atomic mass is 10.2. The highest BCUT2D eigenvalue weighted by Crippen LogP contribution is 2.34. The highest BCUT2D eigenvalue weighted by Gasteiger charge is 2.21. The lowest BCUT2D eigenvalue weighted by Gasteiger charge is -2.08. The molecule has 4 aromatic rings. The molecule has 5 rings (SSSR count). The number of ether oxygens (including phenoxy) is 1. The Morgan fingerprint density at radius 2 is 1.85 bits per heavy atom. The van der Waals surface area contributed by atoms with Crippen LogP contribution in [-0.2, 0) is 29.9 Å². The second-order valence-corrected chi connectivity index (χ2v) is 10.1. The minimum Gasteiger partial charge on any atom is -0.457 e. The van der Waals surface area contributed by atoms with Crippen LogP contribution in [0.4, 0.5) is 4.39 Å². The van der Waals surface area contributed by atoms with Gasteiger partial charge in [0, 0.05) is 11.4 Å². The molecular formula is C25H22FN3O3S2. The van der Waals surface area contributed by atoms with Gasteiger partial charge in [-0.3, -0.25) is 9.59 Å². The smallest absolute Gasteiger partial charge is 0.259 e. The first-order chi connectivity index (χ1) is 16.5. The van der Waals surface area contributed by atoms with Crippen LogP contribution in [0.15, 0.2) is 53.3 Å². The maximum absolute atomic E-state index is 13.0. The quantitative estimate of drug-likeness (QED) is 0.361. The molecule has 0 fully saturated rings. The number of aryl methyl sites for hydroxylation is 2. The number of carbonyl (C=O) groups is 1. The predicted molar refractivity (Wildman–Crippen MR) is 133 cm³/mol. The Morgan fingerprint density at radius 1 is 1.12 bits per heavy atom. The van der Waals surface area contributed by atoms with Gasteiger partial charge in [0.25, 0.3) is 5.56 Å². The highest BCUT2D eigenvalue weighted by molar-refractivity contribution is 7.99. The summed E-state index contributed by atoms with van der Waals surface area (Å²) in [5, 5.41) is 3.64. The van der Waals surface area contributed by atoms with E-state index in [0.717, 1.165) is 35.0 Å². The zero-order valence-electron chi connectivity index (χ0n) is 18.2. The van der Waals surface area contributed by atoms with E-state index in [1.54, 1.807) is 35.6 Å². The first-order valence-electron chi connectivity index (χ1n) is 11.0. The van der Waals surface area contributed by atoms with Crippen LogP contribution in [0.25, 0.3) is 10.2 Å². The molecule has 0 radical (unpaired) electrons. The summed E-state index contributed by atoms with van der Waals surface area (Å²) in [6.07, 6.45) is 3.10. The van der Waals surface area contributed by atoms with Crippen LogP contribution in [0.1, 0.15) is 28.2 Å². The SMILES string of the molecule is O=C(CSCc1nc2sc3c(c2c(=O)[nH]1)CCC3)NCc1ccc(Oc2ccc(F)cc2)cc1. The molecule has 0 aliphatic heterocycles. The van der Waals surface area contributed by atoms with Crippen LogP contribution < -0.4 is 15.6 Å². The van der Waals surface area contributed by atoms with Crippen LogP contribution >= 0.6 is 23.1 Å². The van der Waals surface area contributed by atoms with E-state index in [1.165, 1.54) is 34.3 Å². The van der Waals surface area contributed by atoms with E-state index < -0.39 is 0 Å². The number of amides is 1. The molecule has 6 nitrogen and oxygen atoms in total. The van der Waals surface area contributed by atoms with Gasteiger partial charge >= 0.3 is 0 Å². The van der Waals surface area contributed by atoms with Gasteiger partial charge in [-0.2, -0.15) is 0 Å². The van der Waals surface area contributed by atoms with Gasteiger partial charge in [-0.15, -0.1) is 23.1 Å². The van der Waals surface area contributed by atoms with E-state index in [4.69, 9.17) is 4.74 Å². The number of hydrogen-bond acceptors (Lipinski definition) is 6. The van der Waals surface area contributed by atoms with Crippen LogP contribution in [-0.4, -0.2) is 21.6 Å². The average molecular weight is 496 g/mol. The van der Waals surface area contributed by atoms with Crippen molar-refractivity contribution in [3.63, 3.8) is 0 Å². The van der Waals surface area contributed by atoms with E-state index >= 15 is 0 Å². The fourth-order valence-electron chi connectivity index (χ4n) is 3.92. The molecule has 2 aromatic heterocycles. The van der Waals surface area contributed by atoms with Crippen molar-refractivity contribution in [2.24, 2.45) is 0 Å². The Kier molecular flexibility index (Phi) is 6.64. The summed E-state index contributed by atoms with van der Waals surface area (Å²) in [6.45, 7) is 0.401. The van der Waals surface area contributed by atoms with Gasteiger partial charge in [0.1, 0.15) is 28.0 Å². The third-order valence-corrected chi connectivity index (χ3v) is 7.69. The summed E-state index contributed by atoms with van der Waals surface area (Å²) >= 11 is 3.03. The molecule has 0 bridgehead atoms. The second-order valence-electron chi connectivity index (χ2n) is 8.02. The van der Waals surface area contributed by atoms with Crippen molar-refractivity contribution in [3.05, 3.63) is 86.5 Å². The Bertz CT molecular complexity index is 1380. The van der Waals surface area contributed by atoms with Gasteiger partial charge < -0.3 is 15.0 Å². The van der Waals surface area contributed by atoms with E-state index in [2.05, 4.69) is 15.3 Å². The number of aromatic amines is 1. The number of halogens is 1. The van der Waals surface area contributed by atoms with Crippen molar-refractivity contribution in [2.45, 2.75) is 31.6 Å². The number of nitrogens with zero attached hydrogens (tertiary/aromatic N) is 1. The van der Waals surface area contributed by atoms with Crippen molar-refractivity contribution in [3.8, 4) is 11.5 Å². The van der Waals surface area contributed by atoms with Crippen LogP contribution in [0.2, 0.25) is 0 Å². The Labute approximate surface area is 203 Å². The summed E-state index contributed by atoms with van der Waals surface area (Å²) in [7, 11) is 0. The molecule has 1 amide bonds. The Morgan fingerprint density at radius 3 is 2.62 bits per heavy atom. The number of fused-ring (bicyclic) bond motifs is 3. The number of aromatic nitrogens is 2. The molecule has 2 aromatic carbocycles. The fourth-order valence-corrected chi connectivity index (χ4v) is 5.92. The molecule has 0 unspecified atom stereocenters. The van der Waals surface area contributed by atoms with Crippen molar-refractivity contribution in [1.29, 1.82) is 0 Å². The van der Waals surface area contributed by atoms with Gasteiger partial charge in [-0.25, -0.2) is 9.37 Å². The predicted octanol–water partition coefficient (Wildman–Crippen LogP) is 4.95. The molecule has 174 valence electrons. The summed E-state index contributed by atoms with van der Waals surface area (Å²) in [6, 6.07) is 13.2. The Balaban J connectivity index is 1.09. The zero-order chi connectivity index (χ0) is 23.5. The number of carbonyl (C=O) groups excluding carboxylic acids is 1. The molecule has 0 saturated carbocycles. The van der Waals surface area contributed by atoms with E-state index in [0.29, 0.717) is 29.6 Å². The van der Waals surface area contributed by atoms with E-state index in [9.17, 15) is 14.0 Å². The molecule has 34 heavy (non-hydrogen) atoms. The van der Waals surface area contributed by atoms with Crippen molar-refractivity contribution in [1.82, 2.24) is 15.3 Å². The zero-order valence-corrected chi connectivity index (χ0v) is 19.9. The minimum atomic E-state index is -0.312. The summed E-state index contributed by atoms with van der Waals surface area (Å²) in [4.78, 5) is 34.3. The third-order valence-electron chi connectivity index (χ3n) is 5.56. The Hall–Kier alpha value is -3.17. The topological polar surface area (TPSA) is 84.1 Å². The molecule has 9 heteroatoms. The number of rotatable bonds is 8. The second kappa shape index (κ2) is 9.99. The number of benzene rings is 2. The molecular weight excluding hydrogens is 473 g/mol. The first-order valence-corrected chi connectivity index (χ1v) is 12.9. The van der Waals surface area contributed by atoms with Gasteiger partial charge in [0.2, 0.25) is 5.91 Å². The van der Waals surface area contributed by atoms with Crippen LogP contribution in [0.5, 0.6) is 11.5 Å². The van der Waals surface area contributed by atoms with E-state index in [-0.39, 0.29) is 23.0 Å². The maximum Gasteiger partial charge on any atom is 0.259 e. The largest absolute Gasteiger partial charge is 0.457 e. The summed E-state index contributed by atoms with van der Waals surface area (Å²) in [5.41, 5.74) is 2.03. The molecule has 1 aliphatic rings. The fraction of sp³-hybridized carbons (Fsp3) is 0.240. The molecule has 0 saturated heterocycles. The minimum absolute atomic E-state index is 0.0729. The summed E-state index contributed by atoms with van der Waals surface area (Å²) < 4.78 is 18.7. The molecule has 1 aliphatic carbocycles. The standard InChI is InChI=1S/C25H22FN3O3S2/c26-16-6-10-18(11-7-16)32-17-8-4-15(5-9-17)12-27-22(30)14-33-13-21-28-24(31)23-19-2-1-3-20(19)34-25(23)29-21/h4-11H,1-3,12-14H2,(H,27,30)(H,28,29,31). The molecule has 0 atom stereocenters. The molecule has 2 N–H and O–H groups in total. The van der Waals surface area contributed by atoms with Gasteiger partial charge in [-0.1, -0.05) is 12.1 Å². The van der Waals surface area contributed by atoms with Crippen molar-refractivity contribution >= 4 is 39.2 Å². The van der Waals surface area contributed by atoms with Gasteiger partial charge in [0.05, 0.1) is 16.9 Å². The summed E-state index contributed by atoms with van der Waals surface area (Å²) in [5.74, 6) is 2.13.